The van der Waals surface area contributed by atoms with Gasteiger partial charge in [0.05, 0.1) is 0 Å². The van der Waals surface area contributed by atoms with Gasteiger partial charge in [-0.15, -0.1) is 0 Å². The molecule has 0 atom stereocenters. The smallest absolute Gasteiger partial charge is 0.262 e. The van der Waals surface area contributed by atoms with Crippen LogP contribution >= 0.6 is 0 Å². The fraction of sp³-hybridized carbons (Fsp3) is 0.100. The Balaban J connectivity index is 2.76. The van der Waals surface area contributed by atoms with Crippen molar-refractivity contribution in [1.29, 1.82) is 5.26 Å². The molecule has 4 nitrogen and oxygen atoms in total. The van der Waals surface area contributed by atoms with Gasteiger partial charge in [0.15, 0.2) is 0 Å². The van der Waals surface area contributed by atoms with E-state index >= 15 is 0 Å². The molecule has 0 unspecified atom stereocenters. The maximum atomic E-state index is 12.0. The van der Waals surface area contributed by atoms with Crippen LogP contribution < -0.4 is 5.32 Å². The van der Waals surface area contributed by atoms with Gasteiger partial charge in [-0.05, 0) is 41.8 Å². The molecule has 0 aliphatic rings. The second-order valence-corrected chi connectivity index (χ2v) is 4.94. The summed E-state index contributed by atoms with van der Waals surface area (Å²) in [6.45, 7) is 9.52. The summed E-state index contributed by atoms with van der Waals surface area (Å²) in [5, 5.41) is 21.0. The van der Waals surface area contributed by atoms with Crippen molar-refractivity contribution in [3.63, 3.8) is 0 Å². The number of nitrogens with zero attached hydrogens (tertiary/aromatic N) is 1. The number of nitrogens with one attached hydrogen (secondary N) is 1. The number of hydrogen-bond acceptors (Lipinski definition) is 3. The first kappa shape index (κ1) is 18.7. The van der Waals surface area contributed by atoms with Gasteiger partial charge >= 0.3 is 0 Å². The highest BCUT2D eigenvalue weighted by Gasteiger charge is 2.08. The van der Waals surface area contributed by atoms with E-state index in [0.717, 1.165) is 16.7 Å². The standard InChI is InChI=1S/C20H20N2O2/c1-4-15(3)17(5-2)14-22-20(24)18(13-21)8-6-7-16-9-11-19(23)12-10-16/h4-12,23H,1-2,14H2,3H3,(H,22,24)/b7-6+,17-15+,18-8+. The molecule has 0 saturated carbocycles. The van der Waals surface area contributed by atoms with E-state index in [0.29, 0.717) is 0 Å². The van der Waals surface area contributed by atoms with Crippen molar-refractivity contribution in [1.82, 2.24) is 5.32 Å². The van der Waals surface area contributed by atoms with Crippen molar-refractivity contribution in [2.45, 2.75) is 6.92 Å². The summed E-state index contributed by atoms with van der Waals surface area (Å²) in [6, 6.07) is 8.46. The number of amides is 1. The van der Waals surface area contributed by atoms with Gasteiger partial charge in [-0.3, -0.25) is 4.79 Å². The van der Waals surface area contributed by atoms with E-state index in [1.807, 2.05) is 13.0 Å². The third-order valence-electron chi connectivity index (χ3n) is 3.31. The van der Waals surface area contributed by atoms with Crippen LogP contribution in [0.3, 0.4) is 0 Å². The van der Waals surface area contributed by atoms with Crippen LogP contribution in [0.4, 0.5) is 0 Å². The number of benzene rings is 1. The molecular weight excluding hydrogens is 300 g/mol. The maximum absolute atomic E-state index is 12.0. The summed E-state index contributed by atoms with van der Waals surface area (Å²) in [6.07, 6.45) is 8.13. The second-order valence-electron chi connectivity index (χ2n) is 4.94. The molecule has 0 aliphatic heterocycles. The molecule has 0 fully saturated rings. The number of phenols is 1. The van der Waals surface area contributed by atoms with E-state index in [1.54, 1.807) is 48.6 Å². The molecule has 0 radical (unpaired) electrons. The first-order valence-electron chi connectivity index (χ1n) is 7.32. The predicted octanol–water partition coefficient (Wildman–Crippen LogP) is 3.66. The van der Waals surface area contributed by atoms with Gasteiger partial charge in [0, 0.05) is 6.54 Å². The Labute approximate surface area is 142 Å². The van der Waals surface area contributed by atoms with Gasteiger partial charge in [-0.2, -0.15) is 5.26 Å². The van der Waals surface area contributed by atoms with Crippen molar-refractivity contribution in [3.05, 3.63) is 84.0 Å². The summed E-state index contributed by atoms with van der Waals surface area (Å²) in [4.78, 5) is 12.0. The first-order valence-corrected chi connectivity index (χ1v) is 7.32. The average Bonchev–Trinajstić information content (AvgIpc) is 2.60. The van der Waals surface area contributed by atoms with Crippen LogP contribution in [0.25, 0.3) is 6.08 Å². The zero-order valence-electron chi connectivity index (χ0n) is 13.6. The Morgan fingerprint density at radius 1 is 1.29 bits per heavy atom. The molecule has 0 aromatic heterocycles. The number of hydrogen-bond donors (Lipinski definition) is 2. The molecule has 1 amide bonds. The lowest BCUT2D eigenvalue weighted by Crippen LogP contribution is -2.26. The minimum absolute atomic E-state index is 0.00435. The van der Waals surface area contributed by atoms with Gasteiger partial charge < -0.3 is 10.4 Å². The maximum Gasteiger partial charge on any atom is 0.262 e. The summed E-state index contributed by atoms with van der Waals surface area (Å²) in [5.41, 5.74) is 2.61. The Hall–Kier alpha value is -3.32. The highest BCUT2D eigenvalue weighted by Crippen LogP contribution is 2.11. The molecule has 24 heavy (non-hydrogen) atoms. The Morgan fingerprint density at radius 2 is 1.96 bits per heavy atom. The van der Waals surface area contributed by atoms with Gasteiger partial charge in [-0.1, -0.05) is 49.6 Å². The molecule has 122 valence electrons. The van der Waals surface area contributed by atoms with Gasteiger partial charge in [-0.25, -0.2) is 0 Å². The number of carbonyl (C=O) groups excluding carboxylic acids is 1. The van der Waals surface area contributed by atoms with Gasteiger partial charge in [0.1, 0.15) is 17.4 Å². The molecule has 0 bridgehead atoms. The molecule has 1 aromatic carbocycles. The third kappa shape index (κ3) is 5.82. The van der Waals surface area contributed by atoms with E-state index in [2.05, 4.69) is 18.5 Å². The molecule has 0 spiro atoms. The van der Waals surface area contributed by atoms with Crippen LogP contribution in [0.2, 0.25) is 0 Å². The van der Waals surface area contributed by atoms with Crippen molar-refractivity contribution in [2.24, 2.45) is 0 Å². The molecular formula is C20H20N2O2. The molecule has 0 saturated heterocycles. The zero-order chi connectivity index (χ0) is 17.9. The summed E-state index contributed by atoms with van der Waals surface area (Å²) < 4.78 is 0. The fourth-order valence-electron chi connectivity index (χ4n) is 1.78. The highest BCUT2D eigenvalue weighted by molar-refractivity contribution is 5.97. The number of phenolic OH excluding ortho intramolecular Hbond substituents is 1. The summed E-state index contributed by atoms with van der Waals surface area (Å²) >= 11 is 0. The van der Waals surface area contributed by atoms with E-state index in [1.165, 1.54) is 6.08 Å². The molecule has 4 heteroatoms. The van der Waals surface area contributed by atoms with Crippen molar-refractivity contribution < 1.29 is 9.90 Å². The molecule has 0 heterocycles. The Kier molecular flexibility index (Phi) is 7.53. The highest BCUT2D eigenvalue weighted by atomic mass is 16.3. The number of aromatic hydroxyl groups is 1. The van der Waals surface area contributed by atoms with Crippen LogP contribution in [-0.2, 0) is 4.79 Å². The number of allylic oxidation sites excluding steroid dienone is 4. The van der Waals surface area contributed by atoms with E-state index < -0.39 is 5.91 Å². The van der Waals surface area contributed by atoms with Crippen molar-refractivity contribution >= 4 is 12.0 Å². The number of carbonyl (C=O) groups is 1. The lowest BCUT2D eigenvalue weighted by Gasteiger charge is -2.07. The molecule has 1 rings (SSSR count). The second kappa shape index (κ2) is 9.65. The van der Waals surface area contributed by atoms with Gasteiger partial charge in [0.2, 0.25) is 0 Å². The zero-order valence-corrected chi connectivity index (χ0v) is 13.6. The van der Waals surface area contributed by atoms with Crippen LogP contribution in [0.5, 0.6) is 5.75 Å². The van der Waals surface area contributed by atoms with Gasteiger partial charge in [0.25, 0.3) is 5.91 Å². The van der Waals surface area contributed by atoms with Crippen LogP contribution in [-0.4, -0.2) is 17.6 Å². The first-order chi connectivity index (χ1) is 11.5. The van der Waals surface area contributed by atoms with Crippen LogP contribution in [0.15, 0.2) is 78.4 Å². The van der Waals surface area contributed by atoms with E-state index in [9.17, 15) is 9.90 Å². The van der Waals surface area contributed by atoms with Crippen molar-refractivity contribution in [3.8, 4) is 11.8 Å². The number of nitriles is 1. The minimum Gasteiger partial charge on any atom is -0.508 e. The minimum atomic E-state index is -0.455. The molecule has 0 aliphatic carbocycles. The lowest BCUT2D eigenvalue weighted by atomic mass is 10.1. The lowest BCUT2D eigenvalue weighted by molar-refractivity contribution is -0.116. The largest absolute Gasteiger partial charge is 0.508 e. The van der Waals surface area contributed by atoms with Crippen molar-refractivity contribution in [2.75, 3.05) is 6.54 Å². The van der Waals surface area contributed by atoms with Crippen LogP contribution in [0.1, 0.15) is 12.5 Å². The quantitative estimate of drug-likeness (QED) is 0.457. The normalized spacial score (nSPS) is 12.2. The third-order valence-corrected chi connectivity index (χ3v) is 3.31. The Bertz CT molecular complexity index is 745. The summed E-state index contributed by atoms with van der Waals surface area (Å²) in [5.74, 6) is -0.273. The number of rotatable bonds is 7. The molecule has 1 aromatic rings. The topological polar surface area (TPSA) is 73.1 Å². The monoisotopic (exact) mass is 320 g/mol. The van der Waals surface area contributed by atoms with E-state index in [-0.39, 0.29) is 17.9 Å². The van der Waals surface area contributed by atoms with Crippen LogP contribution in [0, 0.1) is 11.3 Å². The fourth-order valence-corrected chi connectivity index (χ4v) is 1.78. The van der Waals surface area contributed by atoms with E-state index in [4.69, 9.17) is 5.26 Å². The Morgan fingerprint density at radius 3 is 2.50 bits per heavy atom. The molecule has 2 N–H and O–H groups in total. The SMILES string of the molecule is C=C/C(C)=C(\C=C)CNC(=O)/C(C#N)=C/C=C/c1ccc(O)cc1. The predicted molar refractivity (Wildman–Crippen MR) is 96.9 cm³/mol. The summed E-state index contributed by atoms with van der Waals surface area (Å²) in [7, 11) is 0. The average molecular weight is 320 g/mol.